The molecule has 5 heteroatoms. The van der Waals surface area contributed by atoms with E-state index in [1.165, 1.54) is 16.0 Å². The van der Waals surface area contributed by atoms with Gasteiger partial charge in [-0.1, -0.05) is 54.2 Å². The molecule has 5 rings (SSSR count). The first-order chi connectivity index (χ1) is 14.2. The fourth-order valence-electron chi connectivity index (χ4n) is 4.02. The van der Waals surface area contributed by atoms with Crippen LogP contribution in [0.25, 0.3) is 15.9 Å². The molecule has 0 amide bonds. The molecule has 0 fully saturated rings. The van der Waals surface area contributed by atoms with E-state index in [9.17, 15) is 4.79 Å². The van der Waals surface area contributed by atoms with Crippen LogP contribution in [0.5, 0.6) is 0 Å². The van der Waals surface area contributed by atoms with Gasteiger partial charge in [0.1, 0.15) is 4.83 Å². The van der Waals surface area contributed by atoms with E-state index in [-0.39, 0.29) is 5.56 Å². The van der Waals surface area contributed by atoms with Crippen molar-refractivity contribution < 1.29 is 0 Å². The van der Waals surface area contributed by atoms with Crippen molar-refractivity contribution in [2.75, 3.05) is 5.75 Å². The molecule has 0 saturated carbocycles. The van der Waals surface area contributed by atoms with E-state index in [0.29, 0.717) is 0 Å². The van der Waals surface area contributed by atoms with Gasteiger partial charge in [0.25, 0.3) is 5.56 Å². The topological polar surface area (TPSA) is 34.9 Å². The van der Waals surface area contributed by atoms with Crippen LogP contribution >= 0.6 is 23.1 Å². The average Bonchev–Trinajstić information content (AvgIpc) is 3.30. The minimum atomic E-state index is 0.0854. The van der Waals surface area contributed by atoms with Crippen LogP contribution < -0.4 is 5.56 Å². The molecule has 0 aliphatic heterocycles. The quantitative estimate of drug-likeness (QED) is 0.313. The van der Waals surface area contributed by atoms with Gasteiger partial charge in [-0.2, -0.15) is 0 Å². The minimum Gasteiger partial charge on any atom is -0.268 e. The summed E-state index contributed by atoms with van der Waals surface area (Å²) in [6, 6.07) is 18.6. The Hall–Kier alpha value is -2.37. The monoisotopic (exact) mass is 418 g/mol. The first kappa shape index (κ1) is 18.6. The smallest absolute Gasteiger partial charge is 0.267 e. The Kier molecular flexibility index (Phi) is 5.02. The molecular weight excluding hydrogens is 396 g/mol. The molecule has 2 heterocycles. The van der Waals surface area contributed by atoms with E-state index in [1.54, 1.807) is 23.1 Å². The fourth-order valence-corrected chi connectivity index (χ4v) is 6.32. The van der Waals surface area contributed by atoms with Crippen molar-refractivity contribution >= 4 is 33.3 Å². The largest absolute Gasteiger partial charge is 0.268 e. The van der Waals surface area contributed by atoms with Crippen molar-refractivity contribution in [2.45, 2.75) is 37.8 Å². The summed E-state index contributed by atoms with van der Waals surface area (Å²) in [5.74, 6) is 0.888. The van der Waals surface area contributed by atoms with Crippen molar-refractivity contribution in [3.8, 4) is 5.69 Å². The fraction of sp³-hybridized carbons (Fsp3) is 0.250. The summed E-state index contributed by atoms with van der Waals surface area (Å²) in [7, 11) is 0. The van der Waals surface area contributed by atoms with Gasteiger partial charge in [0, 0.05) is 10.6 Å². The third-order valence-corrected chi connectivity index (χ3v) is 7.56. The second-order valence-corrected chi connectivity index (χ2v) is 9.64. The van der Waals surface area contributed by atoms with Crippen LogP contribution in [0.4, 0.5) is 0 Å². The van der Waals surface area contributed by atoms with Gasteiger partial charge in [-0.15, -0.1) is 11.3 Å². The summed E-state index contributed by atoms with van der Waals surface area (Å²) >= 11 is 3.38. The lowest BCUT2D eigenvalue weighted by Crippen LogP contribution is -2.22. The van der Waals surface area contributed by atoms with Crippen LogP contribution in [0.2, 0.25) is 0 Å². The molecule has 0 saturated heterocycles. The second kappa shape index (κ2) is 7.81. The summed E-state index contributed by atoms with van der Waals surface area (Å²) in [6.45, 7) is 2.06. The van der Waals surface area contributed by atoms with Crippen molar-refractivity contribution in [1.29, 1.82) is 0 Å². The molecule has 29 heavy (non-hydrogen) atoms. The van der Waals surface area contributed by atoms with Crippen LogP contribution in [0, 0.1) is 6.92 Å². The zero-order chi connectivity index (χ0) is 19.8. The molecule has 0 spiro atoms. The van der Waals surface area contributed by atoms with Crippen molar-refractivity contribution in [3.63, 3.8) is 0 Å². The zero-order valence-corrected chi connectivity index (χ0v) is 18.0. The van der Waals surface area contributed by atoms with Gasteiger partial charge in [0.2, 0.25) is 0 Å². The third kappa shape index (κ3) is 3.53. The number of fused-ring (bicyclic) bond motifs is 3. The number of thioether (sulfide) groups is 1. The normalized spacial score (nSPS) is 13.1. The van der Waals surface area contributed by atoms with Crippen LogP contribution in [0.15, 0.2) is 64.5 Å². The van der Waals surface area contributed by atoms with E-state index in [2.05, 4.69) is 43.3 Å². The van der Waals surface area contributed by atoms with E-state index in [4.69, 9.17) is 4.98 Å². The Bertz CT molecular complexity index is 1240. The predicted molar refractivity (Wildman–Crippen MR) is 123 cm³/mol. The maximum absolute atomic E-state index is 13.6. The number of thiophene rings is 1. The van der Waals surface area contributed by atoms with Crippen LogP contribution in [0.3, 0.4) is 0 Å². The molecular formula is C24H22N2OS2. The Balaban J connectivity index is 1.59. The van der Waals surface area contributed by atoms with E-state index < -0.39 is 0 Å². The lowest BCUT2D eigenvalue weighted by Gasteiger charge is -2.13. The molecule has 146 valence electrons. The number of aryl methyl sites for hydroxylation is 4. The second-order valence-electron chi connectivity index (χ2n) is 7.50. The first-order valence-corrected chi connectivity index (χ1v) is 11.8. The summed E-state index contributed by atoms with van der Waals surface area (Å²) in [6.07, 6.45) is 4.18. The highest BCUT2D eigenvalue weighted by molar-refractivity contribution is 7.99. The van der Waals surface area contributed by atoms with Crippen LogP contribution in [-0.2, 0) is 19.3 Å². The van der Waals surface area contributed by atoms with Crippen LogP contribution in [0.1, 0.15) is 28.0 Å². The zero-order valence-electron chi connectivity index (χ0n) is 16.4. The molecule has 1 aliphatic rings. The molecule has 0 unspecified atom stereocenters. The maximum Gasteiger partial charge on any atom is 0.267 e. The third-order valence-electron chi connectivity index (χ3n) is 5.43. The molecule has 0 radical (unpaired) electrons. The van der Waals surface area contributed by atoms with Crippen molar-refractivity contribution in [2.24, 2.45) is 0 Å². The summed E-state index contributed by atoms with van der Waals surface area (Å²) in [4.78, 5) is 20.9. The number of hydrogen-bond donors (Lipinski definition) is 0. The Labute approximate surface area is 178 Å². The first-order valence-electron chi connectivity index (χ1n) is 10.0. The lowest BCUT2D eigenvalue weighted by molar-refractivity contribution is 0.819. The Morgan fingerprint density at radius 2 is 1.97 bits per heavy atom. The highest BCUT2D eigenvalue weighted by Gasteiger charge is 2.23. The number of aromatic nitrogens is 2. The molecule has 0 atom stereocenters. The molecule has 0 bridgehead atoms. The highest BCUT2D eigenvalue weighted by atomic mass is 32.2. The molecule has 4 aromatic rings. The molecule has 2 aromatic carbocycles. The minimum absolute atomic E-state index is 0.0854. The summed E-state index contributed by atoms with van der Waals surface area (Å²) in [5, 5.41) is 1.64. The highest BCUT2D eigenvalue weighted by Crippen LogP contribution is 2.36. The predicted octanol–water partition coefficient (Wildman–Crippen LogP) is 5.58. The van der Waals surface area contributed by atoms with Gasteiger partial charge in [-0.3, -0.25) is 9.36 Å². The number of benzene rings is 2. The molecule has 0 N–H and O–H groups in total. The van der Waals surface area contributed by atoms with Gasteiger partial charge in [0.05, 0.1) is 11.1 Å². The SMILES string of the molecule is Cc1cccc(-n2c(SCCc3ccccc3)nc3sc4c(c3c2=O)CCC4)c1. The van der Waals surface area contributed by atoms with Gasteiger partial charge in [-0.25, -0.2) is 4.98 Å². The Morgan fingerprint density at radius 3 is 2.79 bits per heavy atom. The van der Waals surface area contributed by atoms with Gasteiger partial charge >= 0.3 is 0 Å². The van der Waals surface area contributed by atoms with Gasteiger partial charge in [0.15, 0.2) is 5.16 Å². The number of nitrogens with zero attached hydrogens (tertiary/aromatic N) is 2. The molecule has 1 aliphatic carbocycles. The average molecular weight is 419 g/mol. The van der Waals surface area contributed by atoms with E-state index in [1.807, 2.05) is 22.8 Å². The Morgan fingerprint density at radius 1 is 1.10 bits per heavy atom. The molecule has 2 aromatic heterocycles. The van der Waals surface area contributed by atoms with E-state index >= 15 is 0 Å². The maximum atomic E-state index is 13.6. The molecule has 3 nitrogen and oxygen atoms in total. The standard InChI is InChI=1S/C24H22N2OS2/c1-16-7-5-10-18(15-16)26-23(27)21-19-11-6-12-20(19)29-22(21)25-24(26)28-14-13-17-8-3-2-4-9-17/h2-5,7-10,15H,6,11-14H2,1H3. The van der Waals surface area contributed by atoms with Crippen LogP contribution in [-0.4, -0.2) is 15.3 Å². The summed E-state index contributed by atoms with van der Waals surface area (Å²) < 4.78 is 1.83. The van der Waals surface area contributed by atoms with E-state index in [0.717, 1.165) is 58.1 Å². The van der Waals surface area contributed by atoms with Crippen molar-refractivity contribution in [1.82, 2.24) is 9.55 Å². The number of rotatable bonds is 5. The number of hydrogen-bond acceptors (Lipinski definition) is 4. The van der Waals surface area contributed by atoms with Gasteiger partial charge < -0.3 is 0 Å². The van der Waals surface area contributed by atoms with Gasteiger partial charge in [-0.05, 0) is 61.4 Å². The lowest BCUT2D eigenvalue weighted by atomic mass is 10.2. The summed E-state index contributed by atoms with van der Waals surface area (Å²) in [5.41, 5.74) is 4.68. The van der Waals surface area contributed by atoms with Crippen molar-refractivity contribution in [3.05, 3.63) is 86.5 Å².